The van der Waals surface area contributed by atoms with Crippen molar-refractivity contribution in [3.05, 3.63) is 70.3 Å². The average Bonchev–Trinajstić information content (AvgIpc) is 3.01. The fraction of sp³-hybridized carbons (Fsp3) is 0.227. The molecule has 2 aromatic rings. The zero-order chi connectivity index (χ0) is 22.5. The Morgan fingerprint density at radius 2 is 1.77 bits per heavy atom. The predicted molar refractivity (Wildman–Crippen MR) is 113 cm³/mol. The number of aliphatic hydroxyl groups is 1. The van der Waals surface area contributed by atoms with Gasteiger partial charge in [0.25, 0.3) is 17.6 Å². The zero-order valence-electron chi connectivity index (χ0n) is 16.7. The number of rotatable bonds is 8. The number of benzene rings is 2. The molecule has 1 unspecified atom stereocenters. The molecule has 31 heavy (non-hydrogen) atoms. The summed E-state index contributed by atoms with van der Waals surface area (Å²) in [6, 6.07) is 12.0. The highest BCUT2D eigenvalue weighted by molar-refractivity contribution is 6.46. The molecular formula is C22H21ClN2O6. The number of nitrogens with two attached hydrogens (primary N) is 1. The number of ketones is 1. The van der Waals surface area contributed by atoms with Gasteiger partial charge in [-0.3, -0.25) is 14.4 Å². The van der Waals surface area contributed by atoms with Crippen molar-refractivity contribution in [3.8, 4) is 5.75 Å². The van der Waals surface area contributed by atoms with Crippen molar-refractivity contribution in [1.82, 2.24) is 4.90 Å². The summed E-state index contributed by atoms with van der Waals surface area (Å²) >= 11 is 5.91. The highest BCUT2D eigenvalue weighted by Crippen LogP contribution is 2.39. The van der Waals surface area contributed by atoms with Crippen LogP contribution in [0.3, 0.4) is 0 Å². The van der Waals surface area contributed by atoms with Gasteiger partial charge >= 0.3 is 0 Å². The highest BCUT2D eigenvalue weighted by Gasteiger charge is 2.45. The van der Waals surface area contributed by atoms with E-state index in [0.717, 1.165) is 0 Å². The van der Waals surface area contributed by atoms with Crippen LogP contribution in [-0.4, -0.2) is 54.5 Å². The van der Waals surface area contributed by atoms with Crippen LogP contribution in [-0.2, 0) is 19.1 Å². The number of halogens is 1. The largest absolute Gasteiger partial charge is 0.507 e. The fourth-order valence-electron chi connectivity index (χ4n) is 3.31. The number of aliphatic hydroxyl groups excluding tert-OH is 1. The van der Waals surface area contributed by atoms with Gasteiger partial charge in [0, 0.05) is 24.2 Å². The van der Waals surface area contributed by atoms with E-state index in [9.17, 15) is 19.5 Å². The molecule has 162 valence electrons. The topological polar surface area (TPSA) is 119 Å². The van der Waals surface area contributed by atoms with Crippen LogP contribution < -0.4 is 10.5 Å². The smallest absolute Gasteiger partial charge is 0.295 e. The minimum atomic E-state index is -0.823. The molecule has 0 radical (unpaired) electrons. The minimum Gasteiger partial charge on any atom is -0.507 e. The van der Waals surface area contributed by atoms with Crippen molar-refractivity contribution in [2.24, 2.45) is 5.73 Å². The van der Waals surface area contributed by atoms with Crippen molar-refractivity contribution in [1.29, 1.82) is 0 Å². The Morgan fingerprint density at radius 3 is 2.35 bits per heavy atom. The molecule has 1 atom stereocenters. The molecular weight excluding hydrogens is 424 g/mol. The molecule has 1 saturated heterocycles. The van der Waals surface area contributed by atoms with Gasteiger partial charge in [0.2, 0.25) is 0 Å². The lowest BCUT2D eigenvalue weighted by atomic mass is 9.95. The first-order valence-corrected chi connectivity index (χ1v) is 9.75. The lowest BCUT2D eigenvalue weighted by molar-refractivity contribution is -0.140. The van der Waals surface area contributed by atoms with Gasteiger partial charge in [-0.05, 0) is 42.0 Å². The summed E-state index contributed by atoms with van der Waals surface area (Å²) in [6.45, 7) is 0.0929. The first kappa shape index (κ1) is 22.3. The van der Waals surface area contributed by atoms with E-state index in [-0.39, 0.29) is 31.1 Å². The Hall–Kier alpha value is -3.36. The summed E-state index contributed by atoms with van der Waals surface area (Å²) in [5.74, 6) is -2.03. The first-order valence-electron chi connectivity index (χ1n) is 9.38. The standard InChI is InChI=1S/C22H21ClN2O6/c1-30-11-10-25-19(13-4-8-16(9-5-13)31-12-17(24)26)18(21(28)22(25)29)20(27)14-2-6-15(23)7-3-14/h2-9,19,27H,10-12H2,1H3,(H2,24,26). The molecule has 0 saturated carbocycles. The number of hydrogen-bond donors (Lipinski definition) is 2. The normalized spacial score (nSPS) is 17.7. The van der Waals surface area contributed by atoms with Crippen LogP contribution in [0.4, 0.5) is 0 Å². The molecule has 0 aromatic heterocycles. The molecule has 3 rings (SSSR count). The molecule has 0 bridgehead atoms. The minimum absolute atomic E-state index is 0.0331. The molecule has 2 amide bonds. The van der Waals surface area contributed by atoms with Crippen molar-refractivity contribution >= 4 is 35.0 Å². The molecule has 1 aliphatic rings. The van der Waals surface area contributed by atoms with Crippen molar-refractivity contribution in [3.63, 3.8) is 0 Å². The van der Waals surface area contributed by atoms with E-state index in [1.165, 1.54) is 12.0 Å². The molecule has 2 aromatic carbocycles. The van der Waals surface area contributed by atoms with Crippen LogP contribution in [0.1, 0.15) is 17.2 Å². The number of hydrogen-bond acceptors (Lipinski definition) is 6. The van der Waals surface area contributed by atoms with Crippen molar-refractivity contribution < 1.29 is 29.0 Å². The van der Waals surface area contributed by atoms with Gasteiger partial charge in [0.05, 0.1) is 18.2 Å². The fourth-order valence-corrected chi connectivity index (χ4v) is 3.44. The summed E-state index contributed by atoms with van der Waals surface area (Å²) in [4.78, 5) is 37.8. The number of carbonyl (C=O) groups excluding carboxylic acids is 3. The summed E-state index contributed by atoms with van der Waals surface area (Å²) < 4.78 is 10.3. The van der Waals surface area contributed by atoms with Gasteiger partial charge < -0.3 is 25.2 Å². The number of primary amides is 1. The van der Waals surface area contributed by atoms with E-state index in [1.807, 2.05) is 0 Å². The maximum atomic E-state index is 12.8. The second-order valence-electron chi connectivity index (χ2n) is 6.82. The van der Waals surface area contributed by atoms with E-state index in [4.69, 9.17) is 26.8 Å². The zero-order valence-corrected chi connectivity index (χ0v) is 17.5. The van der Waals surface area contributed by atoms with Crippen LogP contribution in [0.2, 0.25) is 5.02 Å². The number of nitrogens with zero attached hydrogens (tertiary/aromatic N) is 1. The summed E-state index contributed by atoms with van der Waals surface area (Å²) in [6.07, 6.45) is 0. The molecule has 0 spiro atoms. The van der Waals surface area contributed by atoms with Crippen LogP contribution in [0.5, 0.6) is 5.75 Å². The third-order valence-electron chi connectivity index (χ3n) is 4.77. The summed E-state index contributed by atoms with van der Waals surface area (Å²) in [5.41, 5.74) is 5.99. The Morgan fingerprint density at radius 1 is 1.13 bits per heavy atom. The van der Waals surface area contributed by atoms with Gasteiger partial charge in [0.1, 0.15) is 11.5 Å². The summed E-state index contributed by atoms with van der Waals surface area (Å²) in [7, 11) is 1.49. The molecule has 3 N–H and O–H groups in total. The van der Waals surface area contributed by atoms with Crippen LogP contribution in [0, 0.1) is 0 Å². The average molecular weight is 445 g/mol. The Balaban J connectivity index is 2.04. The number of ether oxygens (including phenoxy) is 2. The molecule has 1 heterocycles. The van der Waals surface area contributed by atoms with Gasteiger partial charge in [-0.2, -0.15) is 0 Å². The Bertz CT molecular complexity index is 1020. The molecule has 1 fully saturated rings. The van der Waals surface area contributed by atoms with Gasteiger partial charge in [-0.25, -0.2) is 0 Å². The molecule has 0 aliphatic carbocycles. The van der Waals surface area contributed by atoms with Crippen LogP contribution >= 0.6 is 11.6 Å². The predicted octanol–water partition coefficient (Wildman–Crippen LogP) is 2.27. The van der Waals surface area contributed by atoms with Crippen LogP contribution in [0.25, 0.3) is 5.76 Å². The maximum absolute atomic E-state index is 12.8. The van der Waals surface area contributed by atoms with E-state index in [1.54, 1.807) is 48.5 Å². The third kappa shape index (κ3) is 4.87. The summed E-state index contributed by atoms with van der Waals surface area (Å²) in [5, 5.41) is 11.4. The van der Waals surface area contributed by atoms with Gasteiger partial charge in [0.15, 0.2) is 6.61 Å². The number of carbonyl (C=O) groups is 3. The van der Waals surface area contributed by atoms with E-state index in [0.29, 0.717) is 21.9 Å². The van der Waals surface area contributed by atoms with Crippen molar-refractivity contribution in [2.75, 3.05) is 26.9 Å². The van der Waals surface area contributed by atoms with Crippen molar-refractivity contribution in [2.45, 2.75) is 6.04 Å². The second kappa shape index (κ2) is 9.63. The SMILES string of the molecule is COCCN1C(=O)C(=O)C(=C(O)c2ccc(Cl)cc2)C1c1ccc(OCC(N)=O)cc1. The quantitative estimate of drug-likeness (QED) is 0.366. The third-order valence-corrected chi connectivity index (χ3v) is 5.02. The second-order valence-corrected chi connectivity index (χ2v) is 7.25. The number of amides is 2. The first-order chi connectivity index (χ1) is 14.8. The van der Waals surface area contributed by atoms with Crippen LogP contribution in [0.15, 0.2) is 54.1 Å². The number of methoxy groups -OCH3 is 1. The number of likely N-dealkylation sites (tertiary alicyclic amines) is 1. The van der Waals surface area contributed by atoms with E-state index in [2.05, 4.69) is 0 Å². The lowest BCUT2D eigenvalue weighted by Gasteiger charge is -2.25. The monoisotopic (exact) mass is 444 g/mol. The lowest BCUT2D eigenvalue weighted by Crippen LogP contribution is -2.32. The highest BCUT2D eigenvalue weighted by atomic mass is 35.5. The Labute approximate surface area is 183 Å². The molecule has 8 nitrogen and oxygen atoms in total. The van der Waals surface area contributed by atoms with Gasteiger partial charge in [-0.1, -0.05) is 23.7 Å². The maximum Gasteiger partial charge on any atom is 0.295 e. The van der Waals surface area contributed by atoms with E-state index >= 15 is 0 Å². The van der Waals surface area contributed by atoms with Gasteiger partial charge in [-0.15, -0.1) is 0 Å². The van der Waals surface area contributed by atoms with E-state index < -0.39 is 23.6 Å². The Kier molecular flexibility index (Phi) is 6.94. The molecule has 1 aliphatic heterocycles. The number of Topliss-reactive ketones (excluding diaryl/α,β-unsaturated/α-hetero) is 1. The molecule has 9 heteroatoms.